The summed E-state index contributed by atoms with van der Waals surface area (Å²) in [6, 6.07) is 8.24. The zero-order valence-electron chi connectivity index (χ0n) is 26.6. The molecule has 0 saturated heterocycles. The molecule has 0 radical (unpaired) electrons. The summed E-state index contributed by atoms with van der Waals surface area (Å²) in [5.74, 6) is -2.57. The highest BCUT2D eigenvalue weighted by molar-refractivity contribution is 5.94. The van der Waals surface area contributed by atoms with Crippen molar-refractivity contribution in [2.75, 3.05) is 13.1 Å². The number of benzene rings is 2. The van der Waals surface area contributed by atoms with Crippen LogP contribution in [0, 0.1) is 13.8 Å². The number of carbonyl (C=O) groups excluding carboxylic acids is 4. The molecule has 14 N–H and O–H groups in total. The number of nitrogens with zero attached hydrogens (tertiary/aromatic N) is 1. The Balaban J connectivity index is 2.24. The fourth-order valence-electron chi connectivity index (χ4n) is 5.04. The number of primary amides is 1. The second kappa shape index (κ2) is 19.0. The third kappa shape index (κ3) is 12.7. The molecule has 0 unspecified atom stereocenters. The Morgan fingerprint density at radius 3 is 1.87 bits per heavy atom. The summed E-state index contributed by atoms with van der Waals surface area (Å²) >= 11 is 0. The molecule has 0 aromatic heterocycles. The van der Waals surface area contributed by atoms with Crippen LogP contribution in [0.1, 0.15) is 54.4 Å². The standard InChI is InChI=1S/C32H49N9O5/c1-19-15-22(42)16-20(2)23(19)18-27(28(35)43)41-31(46)26(12-8-14-38-32(36)37)40-30(45)25(11-6-7-13-33)39-29(44)24(34)17-21-9-4-3-5-10-21/h3-5,9-10,15-16,24-27,42H,6-8,11-14,17-18,33-34H2,1-2H3,(H2,35,43)(H,39,44)(H,40,45)(H,41,46)(H4,36,37,38)/t24-,25-,26+,27-/m0/s1. The fourth-order valence-corrected chi connectivity index (χ4v) is 5.04. The molecule has 252 valence electrons. The van der Waals surface area contributed by atoms with Gasteiger partial charge in [-0.05, 0) is 93.3 Å². The van der Waals surface area contributed by atoms with Crippen LogP contribution in [0.3, 0.4) is 0 Å². The Bertz CT molecular complexity index is 1330. The molecule has 2 rings (SSSR count). The number of aromatic hydroxyl groups is 1. The van der Waals surface area contributed by atoms with E-state index >= 15 is 0 Å². The van der Waals surface area contributed by atoms with E-state index in [1.165, 1.54) is 0 Å². The minimum absolute atomic E-state index is 0.0742. The number of aryl methyl sites for hydroxylation is 2. The van der Waals surface area contributed by atoms with E-state index in [2.05, 4.69) is 20.9 Å². The Kier molecular flexibility index (Phi) is 15.5. The van der Waals surface area contributed by atoms with Crippen LogP contribution in [0.5, 0.6) is 5.75 Å². The van der Waals surface area contributed by atoms with Crippen LogP contribution in [-0.2, 0) is 32.0 Å². The smallest absolute Gasteiger partial charge is 0.243 e. The topological polar surface area (TPSA) is 267 Å². The van der Waals surface area contributed by atoms with E-state index in [1.807, 2.05) is 30.3 Å². The van der Waals surface area contributed by atoms with Crippen LogP contribution >= 0.6 is 0 Å². The van der Waals surface area contributed by atoms with Gasteiger partial charge in [0.05, 0.1) is 6.04 Å². The first-order valence-corrected chi connectivity index (χ1v) is 15.4. The normalized spacial score (nSPS) is 13.5. The van der Waals surface area contributed by atoms with E-state index in [1.54, 1.807) is 26.0 Å². The summed E-state index contributed by atoms with van der Waals surface area (Å²) in [6.07, 6.45) is 2.21. The molecular formula is C32H49N9O5. The number of nitrogens with one attached hydrogen (secondary N) is 3. The highest BCUT2D eigenvalue weighted by Crippen LogP contribution is 2.22. The monoisotopic (exact) mass is 639 g/mol. The van der Waals surface area contributed by atoms with Gasteiger partial charge in [0.15, 0.2) is 5.96 Å². The second-order valence-corrected chi connectivity index (χ2v) is 11.4. The lowest BCUT2D eigenvalue weighted by molar-refractivity contribution is -0.133. The van der Waals surface area contributed by atoms with Gasteiger partial charge in [-0.2, -0.15) is 0 Å². The summed E-state index contributed by atoms with van der Waals surface area (Å²) in [6.45, 7) is 4.15. The van der Waals surface area contributed by atoms with Crippen molar-refractivity contribution in [2.24, 2.45) is 33.7 Å². The van der Waals surface area contributed by atoms with Gasteiger partial charge in [0.25, 0.3) is 0 Å². The number of guanidine groups is 1. The van der Waals surface area contributed by atoms with E-state index in [0.717, 1.165) is 22.3 Å². The third-order valence-electron chi connectivity index (χ3n) is 7.54. The molecule has 0 heterocycles. The van der Waals surface area contributed by atoms with Gasteiger partial charge in [-0.15, -0.1) is 0 Å². The molecule has 2 aromatic carbocycles. The largest absolute Gasteiger partial charge is 0.508 e. The maximum Gasteiger partial charge on any atom is 0.243 e. The summed E-state index contributed by atoms with van der Waals surface area (Å²) in [5.41, 5.74) is 31.4. The molecule has 0 aliphatic heterocycles. The van der Waals surface area contributed by atoms with E-state index in [-0.39, 0.29) is 43.9 Å². The van der Waals surface area contributed by atoms with Gasteiger partial charge in [-0.25, -0.2) is 0 Å². The Labute approximate surface area is 269 Å². The Morgan fingerprint density at radius 2 is 1.33 bits per heavy atom. The minimum atomic E-state index is -1.11. The van der Waals surface area contributed by atoms with Crippen molar-refractivity contribution in [1.29, 1.82) is 0 Å². The quantitative estimate of drug-likeness (QED) is 0.0530. The maximum absolute atomic E-state index is 13.6. The van der Waals surface area contributed by atoms with E-state index in [0.29, 0.717) is 25.8 Å². The predicted molar refractivity (Wildman–Crippen MR) is 177 cm³/mol. The molecule has 0 bridgehead atoms. The molecule has 0 spiro atoms. The summed E-state index contributed by atoms with van der Waals surface area (Å²) in [5, 5.41) is 18.0. The van der Waals surface area contributed by atoms with Gasteiger partial charge in [-0.1, -0.05) is 30.3 Å². The van der Waals surface area contributed by atoms with Gasteiger partial charge in [0.2, 0.25) is 23.6 Å². The number of hydrogen-bond acceptors (Lipinski definition) is 8. The van der Waals surface area contributed by atoms with Crippen LogP contribution in [0.2, 0.25) is 0 Å². The molecule has 14 nitrogen and oxygen atoms in total. The van der Waals surface area contributed by atoms with Crippen molar-refractivity contribution in [3.05, 3.63) is 64.7 Å². The lowest BCUT2D eigenvalue weighted by atomic mass is 9.95. The van der Waals surface area contributed by atoms with Crippen molar-refractivity contribution in [2.45, 2.75) is 83.0 Å². The van der Waals surface area contributed by atoms with E-state index < -0.39 is 47.8 Å². The maximum atomic E-state index is 13.6. The number of unbranched alkanes of at least 4 members (excludes halogenated alkanes) is 1. The van der Waals surface area contributed by atoms with Crippen molar-refractivity contribution >= 4 is 29.6 Å². The molecule has 0 aliphatic rings. The second-order valence-electron chi connectivity index (χ2n) is 11.4. The van der Waals surface area contributed by atoms with E-state index in [4.69, 9.17) is 28.7 Å². The molecule has 2 aromatic rings. The van der Waals surface area contributed by atoms with Crippen molar-refractivity contribution in [1.82, 2.24) is 16.0 Å². The van der Waals surface area contributed by atoms with Crippen LogP contribution < -0.4 is 44.6 Å². The highest BCUT2D eigenvalue weighted by Gasteiger charge is 2.30. The number of hydrogen-bond donors (Lipinski definition) is 9. The Hall–Kier alpha value is -4.69. The lowest BCUT2D eigenvalue weighted by Gasteiger charge is -2.26. The molecular weight excluding hydrogens is 590 g/mol. The third-order valence-corrected chi connectivity index (χ3v) is 7.54. The average Bonchev–Trinajstić information content (AvgIpc) is 2.99. The molecule has 0 aliphatic carbocycles. The first-order valence-electron chi connectivity index (χ1n) is 15.4. The molecule has 46 heavy (non-hydrogen) atoms. The molecule has 0 saturated carbocycles. The van der Waals surface area contributed by atoms with Crippen molar-refractivity contribution in [3.63, 3.8) is 0 Å². The SMILES string of the molecule is Cc1cc(O)cc(C)c1C[C@H](NC(=O)[C@@H](CCCN=C(N)N)NC(=O)[C@H](CCCCN)NC(=O)[C@@H](N)Cc1ccccc1)C(N)=O. The highest BCUT2D eigenvalue weighted by atomic mass is 16.3. The number of phenols is 1. The number of amides is 4. The average molecular weight is 640 g/mol. The van der Waals surface area contributed by atoms with Crippen LogP contribution in [0.4, 0.5) is 0 Å². The number of phenolic OH excluding ortho intramolecular Hbond substituents is 1. The van der Waals surface area contributed by atoms with Crippen LogP contribution in [0.15, 0.2) is 47.5 Å². The first-order chi connectivity index (χ1) is 21.8. The van der Waals surface area contributed by atoms with E-state index in [9.17, 15) is 24.3 Å². The van der Waals surface area contributed by atoms with Crippen molar-refractivity contribution < 1.29 is 24.3 Å². The van der Waals surface area contributed by atoms with Gasteiger partial charge in [0.1, 0.15) is 23.9 Å². The number of rotatable bonds is 19. The number of carbonyl (C=O) groups is 4. The minimum Gasteiger partial charge on any atom is -0.508 e. The molecule has 0 fully saturated rings. The lowest BCUT2D eigenvalue weighted by Crippen LogP contribution is -2.58. The van der Waals surface area contributed by atoms with Crippen molar-refractivity contribution in [3.8, 4) is 5.75 Å². The molecule has 4 atom stereocenters. The van der Waals surface area contributed by atoms with Crippen LogP contribution in [0.25, 0.3) is 0 Å². The zero-order chi connectivity index (χ0) is 34.2. The first kappa shape index (κ1) is 37.5. The van der Waals surface area contributed by atoms with Gasteiger partial charge < -0.3 is 49.7 Å². The van der Waals surface area contributed by atoms with Gasteiger partial charge in [0, 0.05) is 13.0 Å². The van der Waals surface area contributed by atoms with Gasteiger partial charge >= 0.3 is 0 Å². The molecule has 4 amide bonds. The summed E-state index contributed by atoms with van der Waals surface area (Å²) in [4.78, 5) is 56.6. The molecule has 14 heteroatoms. The Morgan fingerprint density at radius 1 is 0.783 bits per heavy atom. The number of aliphatic imine (C=N–C) groups is 1. The predicted octanol–water partition coefficient (Wildman–Crippen LogP) is -0.756. The summed E-state index contributed by atoms with van der Waals surface area (Å²) in [7, 11) is 0. The zero-order valence-corrected chi connectivity index (χ0v) is 26.6. The van der Waals surface area contributed by atoms with Crippen LogP contribution in [-0.4, -0.2) is 72.0 Å². The van der Waals surface area contributed by atoms with Gasteiger partial charge in [-0.3, -0.25) is 24.2 Å². The summed E-state index contributed by atoms with van der Waals surface area (Å²) < 4.78 is 0. The fraction of sp³-hybridized carbons (Fsp3) is 0.469. The number of nitrogens with two attached hydrogens (primary N) is 5.